The van der Waals surface area contributed by atoms with E-state index < -0.39 is 14.4 Å². The molecule has 0 radical (unpaired) electrons. The average molecular weight is 544 g/mol. The van der Waals surface area contributed by atoms with E-state index in [-0.39, 0.29) is 35.4 Å². The zero-order valence-electron chi connectivity index (χ0n) is 23.8. The molecule has 1 aliphatic rings. The topological polar surface area (TPSA) is 55.8 Å². The van der Waals surface area contributed by atoms with Gasteiger partial charge in [-0.15, -0.1) is 0 Å². The molecule has 0 bridgehead atoms. The van der Waals surface area contributed by atoms with Crippen molar-refractivity contribution in [2.75, 3.05) is 13.2 Å². The molecule has 0 spiro atoms. The normalized spacial score (nSPS) is 17.5. The summed E-state index contributed by atoms with van der Waals surface area (Å²) in [6.45, 7) is 11.9. The Labute approximate surface area is 234 Å². The number of benzene rings is 3. The van der Waals surface area contributed by atoms with E-state index in [1.165, 1.54) is 15.3 Å². The van der Waals surface area contributed by atoms with E-state index in [1.54, 1.807) is 0 Å². The third-order valence-corrected chi connectivity index (χ3v) is 12.7. The van der Waals surface area contributed by atoms with Gasteiger partial charge in [0.25, 0.3) is 8.32 Å². The summed E-state index contributed by atoms with van der Waals surface area (Å²) in [6, 6.07) is 30.5. The van der Waals surface area contributed by atoms with Crippen LogP contribution in [0.4, 0.5) is 4.79 Å². The molecule has 0 aliphatic carbocycles. The van der Waals surface area contributed by atoms with Crippen LogP contribution in [-0.4, -0.2) is 38.4 Å². The van der Waals surface area contributed by atoms with Crippen LogP contribution >= 0.6 is 0 Å². The van der Waals surface area contributed by atoms with Crippen molar-refractivity contribution >= 4 is 30.7 Å². The molecular formula is C33H41NO4Si. The molecule has 1 aliphatic heterocycles. The van der Waals surface area contributed by atoms with Gasteiger partial charge in [-0.2, -0.15) is 0 Å². The van der Waals surface area contributed by atoms with Crippen molar-refractivity contribution in [1.82, 2.24) is 4.90 Å². The van der Waals surface area contributed by atoms with Gasteiger partial charge in [-0.3, -0.25) is 4.79 Å². The Balaban J connectivity index is 1.45. The Bertz CT molecular complexity index is 1190. The van der Waals surface area contributed by atoms with Crippen molar-refractivity contribution in [2.24, 2.45) is 11.8 Å². The van der Waals surface area contributed by atoms with Crippen LogP contribution < -0.4 is 10.4 Å². The second-order valence-electron chi connectivity index (χ2n) is 11.9. The van der Waals surface area contributed by atoms with Crippen LogP contribution in [0.2, 0.25) is 5.04 Å². The summed E-state index contributed by atoms with van der Waals surface area (Å²) in [5.41, 5.74) is 0.913. The molecule has 1 fully saturated rings. The predicted molar refractivity (Wildman–Crippen MR) is 159 cm³/mol. The summed E-state index contributed by atoms with van der Waals surface area (Å²) in [6.07, 6.45) is 0.564. The maximum atomic E-state index is 13.3. The van der Waals surface area contributed by atoms with Crippen molar-refractivity contribution in [3.8, 4) is 0 Å². The summed E-state index contributed by atoms with van der Waals surface area (Å²) in [4.78, 5) is 27.0. The Morgan fingerprint density at radius 2 is 1.41 bits per heavy atom. The Kier molecular flexibility index (Phi) is 9.08. The van der Waals surface area contributed by atoms with E-state index in [4.69, 9.17) is 9.16 Å². The van der Waals surface area contributed by atoms with Crippen LogP contribution in [0.3, 0.4) is 0 Å². The predicted octanol–water partition coefficient (Wildman–Crippen LogP) is 6.34. The second-order valence-corrected chi connectivity index (χ2v) is 16.2. The molecule has 3 aromatic rings. The average Bonchev–Trinajstić information content (AvgIpc) is 3.31. The summed E-state index contributed by atoms with van der Waals surface area (Å²) >= 11 is 0. The number of imide groups is 1. The number of ether oxygens (including phenoxy) is 1. The fourth-order valence-electron chi connectivity index (χ4n) is 5.88. The van der Waals surface area contributed by atoms with Crippen molar-refractivity contribution in [2.45, 2.75) is 58.5 Å². The van der Waals surface area contributed by atoms with Crippen LogP contribution in [0, 0.1) is 11.8 Å². The van der Waals surface area contributed by atoms with Crippen molar-refractivity contribution in [1.29, 1.82) is 0 Å². The summed E-state index contributed by atoms with van der Waals surface area (Å²) < 4.78 is 12.4. The van der Waals surface area contributed by atoms with Gasteiger partial charge < -0.3 is 9.16 Å². The molecule has 1 saturated heterocycles. The lowest BCUT2D eigenvalue weighted by molar-refractivity contribution is -0.130. The van der Waals surface area contributed by atoms with Gasteiger partial charge in [0.1, 0.15) is 12.6 Å². The molecule has 3 aromatic carbocycles. The molecule has 39 heavy (non-hydrogen) atoms. The van der Waals surface area contributed by atoms with E-state index in [9.17, 15) is 9.59 Å². The minimum absolute atomic E-state index is 0.0838. The lowest BCUT2D eigenvalue weighted by Gasteiger charge is -2.43. The maximum Gasteiger partial charge on any atom is 0.417 e. The van der Waals surface area contributed by atoms with Crippen molar-refractivity contribution < 1.29 is 18.8 Å². The third kappa shape index (κ3) is 6.34. The van der Waals surface area contributed by atoms with Gasteiger partial charge in [-0.25, -0.2) is 9.69 Å². The van der Waals surface area contributed by atoms with E-state index in [0.29, 0.717) is 13.0 Å². The fourth-order valence-corrected chi connectivity index (χ4v) is 10.6. The number of rotatable bonds is 10. The van der Waals surface area contributed by atoms with E-state index in [2.05, 4.69) is 95.3 Å². The number of hydrogen-bond acceptors (Lipinski definition) is 4. The molecule has 0 saturated carbocycles. The Morgan fingerprint density at radius 3 is 1.92 bits per heavy atom. The molecule has 6 heteroatoms. The minimum atomic E-state index is -2.61. The highest BCUT2D eigenvalue weighted by Crippen LogP contribution is 2.37. The number of carbonyl (C=O) groups excluding carboxylic acids is 2. The first-order chi connectivity index (χ1) is 18.6. The second kappa shape index (κ2) is 12.3. The molecule has 0 unspecified atom stereocenters. The zero-order chi connectivity index (χ0) is 28.0. The molecule has 3 atom stereocenters. The SMILES string of the molecule is C[C@@H](CO[Si](c1ccccc1)(c1ccccc1)C(C)(C)C)C[C@@H](C)CC(=O)N1C(=O)OC[C@@H]1c1ccccc1. The summed E-state index contributed by atoms with van der Waals surface area (Å²) in [7, 11) is -2.61. The highest BCUT2D eigenvalue weighted by atomic mass is 28.4. The van der Waals surface area contributed by atoms with E-state index in [1.807, 2.05) is 30.3 Å². The smallest absolute Gasteiger partial charge is 0.417 e. The molecule has 0 N–H and O–H groups in total. The van der Waals surface area contributed by atoms with Gasteiger partial charge in [0, 0.05) is 13.0 Å². The van der Waals surface area contributed by atoms with Gasteiger partial charge in [0.15, 0.2) is 0 Å². The third-order valence-electron chi connectivity index (χ3n) is 7.66. The molecule has 2 amide bonds. The molecule has 0 aromatic heterocycles. The fraction of sp³-hybridized carbons (Fsp3) is 0.394. The first kappa shape index (κ1) is 28.8. The number of amides is 2. The molecule has 1 heterocycles. The van der Waals surface area contributed by atoms with Gasteiger partial charge in [-0.05, 0) is 39.2 Å². The zero-order valence-corrected chi connectivity index (χ0v) is 24.8. The van der Waals surface area contributed by atoms with Crippen LogP contribution in [0.15, 0.2) is 91.0 Å². The molecule has 4 rings (SSSR count). The monoisotopic (exact) mass is 543 g/mol. The summed E-state index contributed by atoms with van der Waals surface area (Å²) in [5, 5.41) is 2.44. The van der Waals surface area contributed by atoms with Gasteiger partial charge in [-0.1, -0.05) is 126 Å². The number of nitrogens with zero attached hydrogens (tertiary/aromatic N) is 1. The molecular weight excluding hydrogens is 502 g/mol. The van der Waals surface area contributed by atoms with Crippen molar-refractivity contribution in [3.05, 3.63) is 96.6 Å². The maximum absolute atomic E-state index is 13.3. The van der Waals surface area contributed by atoms with E-state index >= 15 is 0 Å². The number of carbonyl (C=O) groups is 2. The number of cyclic esters (lactones) is 1. The lowest BCUT2D eigenvalue weighted by atomic mass is 9.94. The molecule has 206 valence electrons. The van der Waals surface area contributed by atoms with Crippen LogP contribution in [-0.2, 0) is 14.0 Å². The van der Waals surface area contributed by atoms with E-state index in [0.717, 1.165) is 12.0 Å². The quantitative estimate of drug-likeness (QED) is 0.280. The lowest BCUT2D eigenvalue weighted by Crippen LogP contribution is -2.66. The van der Waals surface area contributed by atoms with Crippen LogP contribution in [0.5, 0.6) is 0 Å². The summed E-state index contributed by atoms with van der Waals surface area (Å²) in [5.74, 6) is 0.156. The highest BCUT2D eigenvalue weighted by Gasteiger charge is 2.50. The van der Waals surface area contributed by atoms with Crippen LogP contribution in [0.25, 0.3) is 0 Å². The van der Waals surface area contributed by atoms with Gasteiger partial charge >= 0.3 is 6.09 Å². The molecule has 5 nitrogen and oxygen atoms in total. The standard InChI is InChI=1S/C33H41NO4Si/c1-25(22-31(35)34-30(24-37-32(34)36)27-15-9-6-10-16-27)21-26(2)23-38-39(33(3,4)5,28-17-11-7-12-18-28)29-19-13-8-14-20-29/h6-20,25-26,30H,21-24H2,1-5H3/t25-,26-,30-/m1/s1. The Morgan fingerprint density at radius 1 is 0.897 bits per heavy atom. The Hall–Kier alpha value is -3.22. The number of hydrogen-bond donors (Lipinski definition) is 0. The first-order valence-electron chi connectivity index (χ1n) is 13.9. The van der Waals surface area contributed by atoms with Crippen LogP contribution in [0.1, 0.15) is 59.1 Å². The van der Waals surface area contributed by atoms with Crippen molar-refractivity contribution in [3.63, 3.8) is 0 Å². The van der Waals surface area contributed by atoms with Gasteiger partial charge in [0.05, 0.1) is 0 Å². The minimum Gasteiger partial charge on any atom is -0.446 e. The largest absolute Gasteiger partial charge is 0.446 e. The van der Waals surface area contributed by atoms with Gasteiger partial charge in [0.2, 0.25) is 5.91 Å². The highest BCUT2D eigenvalue weighted by molar-refractivity contribution is 6.99. The first-order valence-corrected chi connectivity index (χ1v) is 15.8.